The molecule has 0 bridgehead atoms. The van der Waals surface area contributed by atoms with Gasteiger partial charge in [0.05, 0.1) is 13.1 Å². The van der Waals surface area contributed by atoms with E-state index in [9.17, 15) is 5.11 Å². The summed E-state index contributed by atoms with van der Waals surface area (Å²) in [4.78, 5) is 1.39. The molecular weight excluding hydrogens is 250 g/mol. The van der Waals surface area contributed by atoms with Gasteiger partial charge in [0.1, 0.15) is 25.0 Å². The quantitative estimate of drug-likeness (QED) is 0.802. The number of aliphatic hydroxyl groups is 1. The lowest BCUT2D eigenvalue weighted by molar-refractivity contribution is -0.899. The third-order valence-corrected chi connectivity index (χ3v) is 3.71. The monoisotopic (exact) mass is 274 g/mol. The molecule has 20 heavy (non-hydrogen) atoms. The molecule has 0 aliphatic rings. The third-order valence-electron chi connectivity index (χ3n) is 3.71. The van der Waals surface area contributed by atoms with E-state index in [0.29, 0.717) is 6.61 Å². The molecule has 1 atom stereocenters. The first-order valence-corrected chi connectivity index (χ1v) is 7.36. The topological polar surface area (TPSA) is 33.9 Å². The van der Waals surface area contributed by atoms with Gasteiger partial charge in [-0.05, 0) is 25.3 Å². The highest BCUT2D eigenvalue weighted by molar-refractivity contribution is 5.88. The highest BCUT2D eigenvalue weighted by Gasteiger charge is 2.13. The van der Waals surface area contributed by atoms with E-state index in [1.54, 1.807) is 0 Å². The van der Waals surface area contributed by atoms with Gasteiger partial charge in [-0.1, -0.05) is 36.4 Å². The van der Waals surface area contributed by atoms with Crippen LogP contribution in [0, 0.1) is 0 Å². The summed E-state index contributed by atoms with van der Waals surface area (Å²) >= 11 is 0. The molecule has 0 unspecified atom stereocenters. The molecule has 2 aromatic carbocycles. The molecule has 108 valence electrons. The fourth-order valence-electron chi connectivity index (χ4n) is 2.44. The smallest absolute Gasteiger partial charge is 0.137 e. The molecule has 0 aromatic heterocycles. The van der Waals surface area contributed by atoms with Crippen molar-refractivity contribution in [3.8, 4) is 5.75 Å². The van der Waals surface area contributed by atoms with Crippen LogP contribution < -0.4 is 9.64 Å². The number of hydrogen-bond acceptors (Lipinski definition) is 2. The van der Waals surface area contributed by atoms with Gasteiger partial charge in [0, 0.05) is 5.39 Å². The molecular formula is C17H24NO2+. The van der Waals surface area contributed by atoms with E-state index in [1.165, 1.54) is 4.90 Å². The lowest BCUT2D eigenvalue weighted by Crippen LogP contribution is -3.12. The Balaban J connectivity index is 1.99. The number of nitrogens with one attached hydrogen (secondary N) is 1. The first kappa shape index (κ1) is 14.8. The average molecular weight is 274 g/mol. The molecule has 3 heteroatoms. The highest BCUT2D eigenvalue weighted by atomic mass is 16.5. The molecule has 0 aliphatic heterocycles. The van der Waals surface area contributed by atoms with Gasteiger partial charge in [0.25, 0.3) is 0 Å². The first-order chi connectivity index (χ1) is 9.74. The molecule has 2 rings (SSSR count). The molecule has 0 heterocycles. The van der Waals surface area contributed by atoms with E-state index in [0.717, 1.165) is 36.2 Å². The van der Waals surface area contributed by atoms with Crippen molar-refractivity contribution in [3.05, 3.63) is 42.5 Å². The fourth-order valence-corrected chi connectivity index (χ4v) is 2.44. The van der Waals surface area contributed by atoms with Crippen LogP contribution in [0.4, 0.5) is 0 Å². The van der Waals surface area contributed by atoms with Gasteiger partial charge in [0.15, 0.2) is 0 Å². The molecule has 2 N–H and O–H groups in total. The molecule has 0 fully saturated rings. The van der Waals surface area contributed by atoms with Crippen molar-refractivity contribution in [2.24, 2.45) is 0 Å². The lowest BCUT2D eigenvalue weighted by atomic mass is 10.1. The van der Waals surface area contributed by atoms with E-state index in [1.807, 2.05) is 30.3 Å². The molecule has 0 radical (unpaired) electrons. The van der Waals surface area contributed by atoms with Crippen molar-refractivity contribution in [1.29, 1.82) is 0 Å². The first-order valence-electron chi connectivity index (χ1n) is 7.36. The Morgan fingerprint density at radius 1 is 1.05 bits per heavy atom. The zero-order valence-electron chi connectivity index (χ0n) is 12.3. The number of quaternary nitrogens is 1. The Morgan fingerprint density at radius 3 is 2.50 bits per heavy atom. The van der Waals surface area contributed by atoms with E-state index in [4.69, 9.17) is 4.74 Å². The largest absolute Gasteiger partial charge is 0.490 e. The summed E-state index contributed by atoms with van der Waals surface area (Å²) in [6.45, 7) is 7.41. The van der Waals surface area contributed by atoms with Crippen LogP contribution in [0.15, 0.2) is 42.5 Å². The predicted molar refractivity (Wildman–Crippen MR) is 82.4 cm³/mol. The van der Waals surface area contributed by atoms with Crippen molar-refractivity contribution >= 4 is 10.8 Å². The molecule has 0 saturated heterocycles. The Kier molecular flexibility index (Phi) is 5.39. The van der Waals surface area contributed by atoms with Crippen LogP contribution in [0.5, 0.6) is 5.75 Å². The van der Waals surface area contributed by atoms with Gasteiger partial charge < -0.3 is 14.7 Å². The van der Waals surface area contributed by atoms with Gasteiger partial charge in [-0.25, -0.2) is 0 Å². The van der Waals surface area contributed by atoms with Gasteiger partial charge in [0.2, 0.25) is 0 Å². The van der Waals surface area contributed by atoms with Gasteiger partial charge in [-0.2, -0.15) is 0 Å². The van der Waals surface area contributed by atoms with Crippen LogP contribution in [0.2, 0.25) is 0 Å². The van der Waals surface area contributed by atoms with Crippen LogP contribution in [-0.4, -0.2) is 37.5 Å². The molecule has 0 saturated carbocycles. The zero-order chi connectivity index (χ0) is 14.4. The van der Waals surface area contributed by atoms with Crippen LogP contribution in [0.25, 0.3) is 10.8 Å². The van der Waals surface area contributed by atoms with Crippen LogP contribution in [-0.2, 0) is 0 Å². The molecule has 0 aliphatic carbocycles. The Morgan fingerprint density at radius 2 is 1.75 bits per heavy atom. The Labute approximate surface area is 120 Å². The maximum absolute atomic E-state index is 10.1. The summed E-state index contributed by atoms with van der Waals surface area (Å²) in [5.41, 5.74) is 0. The normalized spacial score (nSPS) is 12.8. The second-order valence-corrected chi connectivity index (χ2v) is 5.10. The van der Waals surface area contributed by atoms with E-state index >= 15 is 0 Å². The number of hydrogen-bond donors (Lipinski definition) is 2. The molecule has 3 nitrogen and oxygen atoms in total. The van der Waals surface area contributed by atoms with Crippen LogP contribution in [0.1, 0.15) is 13.8 Å². The number of ether oxygens (including phenoxy) is 1. The molecule has 0 amide bonds. The van der Waals surface area contributed by atoms with Crippen molar-refractivity contribution in [2.75, 3.05) is 26.2 Å². The minimum atomic E-state index is -0.427. The second kappa shape index (κ2) is 7.27. The number of rotatable bonds is 7. The standard InChI is InChI=1S/C17H23NO2/c1-3-18(4-2)12-15(19)13-20-17-11-7-9-14-8-5-6-10-16(14)17/h5-11,15,19H,3-4,12-13H2,1-2H3/p+1/t15-/m1/s1. The number of benzene rings is 2. The average Bonchev–Trinajstić information content (AvgIpc) is 2.50. The van der Waals surface area contributed by atoms with E-state index < -0.39 is 6.10 Å². The summed E-state index contributed by atoms with van der Waals surface area (Å²) in [5.74, 6) is 0.844. The molecule has 2 aromatic rings. The maximum atomic E-state index is 10.1. The summed E-state index contributed by atoms with van der Waals surface area (Å²) < 4.78 is 5.81. The van der Waals surface area contributed by atoms with Gasteiger partial charge in [-0.3, -0.25) is 0 Å². The molecule has 0 spiro atoms. The Bertz CT molecular complexity index is 532. The minimum absolute atomic E-state index is 0.345. The third kappa shape index (κ3) is 3.71. The Hall–Kier alpha value is -1.58. The summed E-state index contributed by atoms with van der Waals surface area (Å²) in [7, 11) is 0. The fraction of sp³-hybridized carbons (Fsp3) is 0.412. The van der Waals surface area contributed by atoms with Crippen LogP contribution in [0.3, 0.4) is 0 Å². The van der Waals surface area contributed by atoms with Gasteiger partial charge >= 0.3 is 0 Å². The van der Waals surface area contributed by atoms with E-state index in [-0.39, 0.29) is 0 Å². The van der Waals surface area contributed by atoms with Crippen molar-refractivity contribution in [3.63, 3.8) is 0 Å². The van der Waals surface area contributed by atoms with Crippen molar-refractivity contribution in [1.82, 2.24) is 0 Å². The number of aliphatic hydroxyl groups excluding tert-OH is 1. The predicted octanol–water partition coefficient (Wildman–Crippen LogP) is 1.50. The van der Waals surface area contributed by atoms with Gasteiger partial charge in [-0.15, -0.1) is 0 Å². The summed E-state index contributed by atoms with van der Waals surface area (Å²) in [5, 5.41) is 12.3. The van der Waals surface area contributed by atoms with Crippen LogP contribution >= 0.6 is 0 Å². The number of fused-ring (bicyclic) bond motifs is 1. The zero-order valence-corrected chi connectivity index (χ0v) is 12.3. The van der Waals surface area contributed by atoms with E-state index in [2.05, 4.69) is 26.0 Å². The second-order valence-electron chi connectivity index (χ2n) is 5.10. The summed E-state index contributed by atoms with van der Waals surface area (Å²) in [6, 6.07) is 14.2. The summed E-state index contributed by atoms with van der Waals surface area (Å²) in [6.07, 6.45) is -0.427. The highest BCUT2D eigenvalue weighted by Crippen LogP contribution is 2.25. The minimum Gasteiger partial charge on any atom is -0.490 e. The SMILES string of the molecule is CC[NH+](CC)C[C@@H](O)COc1cccc2ccccc12. The maximum Gasteiger partial charge on any atom is 0.137 e. The van der Waals surface area contributed by atoms with Crippen molar-refractivity contribution < 1.29 is 14.7 Å². The number of likely N-dealkylation sites (N-methyl/N-ethyl adjacent to an activating group) is 1. The van der Waals surface area contributed by atoms with Crippen molar-refractivity contribution in [2.45, 2.75) is 20.0 Å². The lowest BCUT2D eigenvalue weighted by Gasteiger charge is -2.19.